The second-order valence-electron chi connectivity index (χ2n) is 6.51. The number of carboxylic acid groups (broad SMARTS) is 4. The number of carboxylic acids is 4. The van der Waals surface area contributed by atoms with Crippen LogP contribution in [-0.2, 0) is 21.2 Å². The monoisotopic (exact) mass is 468 g/mol. The number of benzene rings is 1. The van der Waals surface area contributed by atoms with Gasteiger partial charge in [0, 0.05) is 0 Å². The lowest BCUT2D eigenvalue weighted by molar-refractivity contribution is -0.186. The predicted molar refractivity (Wildman–Crippen MR) is 89.1 cm³/mol. The first-order chi connectivity index (χ1) is 14.4. The molecule has 1 aliphatic rings. The Balaban J connectivity index is 3.17. The number of aromatic carboxylic acids is 2. The molecule has 14 heteroatoms. The van der Waals surface area contributed by atoms with Crippen LogP contribution in [0.1, 0.15) is 31.8 Å². The molecule has 8 nitrogen and oxygen atoms in total. The average Bonchev–Trinajstić information content (AvgIpc) is 2.64. The van der Waals surface area contributed by atoms with E-state index in [2.05, 4.69) is 0 Å². The molecule has 0 aromatic heterocycles. The molecule has 2 atom stereocenters. The molecule has 0 bridgehead atoms. The fourth-order valence-corrected chi connectivity index (χ4v) is 3.32. The number of carbonyl (C=O) groups is 4. The standard InChI is InChI=1S/C18H10F6O8/c19-17(20,21)10-4-8(14(29)30)7(13(27)28)3-9(10)16(15(31)32)5-6(12(25)26)1-2-11(16)18(22,23)24/h1-5,11H,(H,25,26)(H,27,28)(H,29,30)(H,31,32). The summed E-state index contributed by atoms with van der Waals surface area (Å²) in [4.78, 5) is 46.0. The minimum absolute atomic E-state index is 0.0310. The smallest absolute Gasteiger partial charge is 0.416 e. The molecule has 0 saturated heterocycles. The van der Waals surface area contributed by atoms with E-state index in [-0.39, 0.29) is 24.3 Å². The van der Waals surface area contributed by atoms with Crippen molar-refractivity contribution in [2.75, 3.05) is 0 Å². The zero-order chi connectivity index (χ0) is 24.8. The molecule has 2 unspecified atom stereocenters. The van der Waals surface area contributed by atoms with Gasteiger partial charge in [0.15, 0.2) is 0 Å². The summed E-state index contributed by atoms with van der Waals surface area (Å²) in [6.45, 7) is 0. The molecular formula is C18H10F6O8. The van der Waals surface area contributed by atoms with Gasteiger partial charge in [-0.25, -0.2) is 14.4 Å². The van der Waals surface area contributed by atoms with Crippen molar-refractivity contribution in [2.45, 2.75) is 17.8 Å². The molecule has 1 aliphatic carbocycles. The van der Waals surface area contributed by atoms with Crippen LogP contribution in [0, 0.1) is 5.92 Å². The molecular weight excluding hydrogens is 458 g/mol. The molecule has 1 aromatic rings. The van der Waals surface area contributed by atoms with E-state index in [1.807, 2.05) is 0 Å². The Bertz CT molecular complexity index is 1080. The van der Waals surface area contributed by atoms with Gasteiger partial charge in [-0.15, -0.1) is 0 Å². The third-order valence-electron chi connectivity index (χ3n) is 4.67. The average molecular weight is 468 g/mol. The van der Waals surface area contributed by atoms with E-state index in [0.29, 0.717) is 6.08 Å². The van der Waals surface area contributed by atoms with Crippen LogP contribution >= 0.6 is 0 Å². The fourth-order valence-electron chi connectivity index (χ4n) is 3.32. The number of hydrogen-bond acceptors (Lipinski definition) is 4. The predicted octanol–water partition coefficient (Wildman–Crippen LogP) is 3.18. The summed E-state index contributed by atoms with van der Waals surface area (Å²) < 4.78 is 82.3. The molecule has 4 N–H and O–H groups in total. The SMILES string of the molecule is O=C(O)C1=CC(C(=O)O)(c2cc(C(=O)O)c(C(=O)O)cc2C(F)(F)F)C(C(F)(F)F)C=C1. The maximum Gasteiger partial charge on any atom is 0.416 e. The largest absolute Gasteiger partial charge is 0.480 e. The van der Waals surface area contributed by atoms with E-state index in [1.54, 1.807) is 0 Å². The van der Waals surface area contributed by atoms with Gasteiger partial charge in [0.25, 0.3) is 0 Å². The van der Waals surface area contributed by atoms with Gasteiger partial charge in [-0.1, -0.05) is 12.2 Å². The highest BCUT2D eigenvalue weighted by Gasteiger charge is 2.60. The van der Waals surface area contributed by atoms with Gasteiger partial charge in [0.05, 0.1) is 28.2 Å². The van der Waals surface area contributed by atoms with Crippen LogP contribution in [-0.4, -0.2) is 50.5 Å². The summed E-state index contributed by atoms with van der Waals surface area (Å²) in [5.74, 6) is -12.2. The van der Waals surface area contributed by atoms with Crippen LogP contribution in [0.5, 0.6) is 0 Å². The van der Waals surface area contributed by atoms with Crippen molar-refractivity contribution in [2.24, 2.45) is 5.92 Å². The van der Waals surface area contributed by atoms with Crippen molar-refractivity contribution in [3.63, 3.8) is 0 Å². The molecule has 0 saturated carbocycles. The minimum atomic E-state index is -5.65. The van der Waals surface area contributed by atoms with E-state index in [9.17, 15) is 55.7 Å². The van der Waals surface area contributed by atoms with E-state index in [0.717, 1.165) is 0 Å². The van der Waals surface area contributed by atoms with Crippen molar-refractivity contribution in [3.05, 3.63) is 58.2 Å². The number of rotatable bonds is 5. The highest BCUT2D eigenvalue weighted by Crippen LogP contribution is 2.51. The van der Waals surface area contributed by atoms with Crippen molar-refractivity contribution < 1.29 is 65.9 Å². The fraction of sp³-hybridized carbons (Fsp3) is 0.222. The van der Waals surface area contributed by atoms with Crippen LogP contribution in [0.4, 0.5) is 26.3 Å². The lowest BCUT2D eigenvalue weighted by Gasteiger charge is -2.38. The van der Waals surface area contributed by atoms with E-state index in [4.69, 9.17) is 10.2 Å². The highest BCUT2D eigenvalue weighted by molar-refractivity contribution is 6.03. The van der Waals surface area contributed by atoms with E-state index >= 15 is 0 Å². The molecule has 172 valence electrons. The van der Waals surface area contributed by atoms with Crippen molar-refractivity contribution in [1.29, 1.82) is 0 Å². The van der Waals surface area contributed by atoms with Gasteiger partial charge in [-0.3, -0.25) is 4.79 Å². The quantitative estimate of drug-likeness (QED) is 0.482. The molecule has 32 heavy (non-hydrogen) atoms. The normalized spacial score (nSPS) is 21.1. The van der Waals surface area contributed by atoms with Crippen molar-refractivity contribution in [3.8, 4) is 0 Å². The second kappa shape index (κ2) is 7.69. The Morgan fingerprint density at radius 3 is 1.69 bits per heavy atom. The maximum absolute atomic E-state index is 13.7. The van der Waals surface area contributed by atoms with Gasteiger partial charge >= 0.3 is 36.2 Å². The number of hydrogen-bond donors (Lipinski definition) is 4. The van der Waals surface area contributed by atoms with Crippen LogP contribution in [0.15, 0.2) is 35.9 Å². The maximum atomic E-state index is 13.7. The Hall–Kier alpha value is -3.84. The molecule has 0 radical (unpaired) electrons. The van der Waals surface area contributed by atoms with Crippen molar-refractivity contribution >= 4 is 23.9 Å². The molecule has 0 amide bonds. The molecule has 0 fully saturated rings. The molecule has 0 heterocycles. The number of alkyl halides is 6. The molecule has 2 rings (SSSR count). The summed E-state index contributed by atoms with van der Waals surface area (Å²) in [5, 5.41) is 37.0. The van der Waals surface area contributed by atoms with Gasteiger partial charge in [0.2, 0.25) is 0 Å². The summed E-state index contributed by atoms with van der Waals surface area (Å²) in [5.41, 5.74) is -11.8. The van der Waals surface area contributed by atoms with Crippen LogP contribution < -0.4 is 0 Å². The third kappa shape index (κ3) is 4.02. The Kier molecular flexibility index (Phi) is 5.87. The van der Waals surface area contributed by atoms with Gasteiger partial charge in [0.1, 0.15) is 5.41 Å². The Morgan fingerprint density at radius 2 is 1.31 bits per heavy atom. The molecule has 1 aromatic carbocycles. The van der Waals surface area contributed by atoms with E-state index < -0.39 is 75.4 Å². The second-order valence-corrected chi connectivity index (χ2v) is 6.51. The lowest BCUT2D eigenvalue weighted by Crippen LogP contribution is -2.50. The Labute approximate surface area is 172 Å². The molecule has 0 aliphatic heterocycles. The molecule has 0 spiro atoms. The summed E-state index contributed by atoms with van der Waals surface area (Å²) >= 11 is 0. The van der Waals surface area contributed by atoms with Crippen LogP contribution in [0.2, 0.25) is 0 Å². The highest BCUT2D eigenvalue weighted by atomic mass is 19.4. The minimum Gasteiger partial charge on any atom is -0.480 e. The zero-order valence-corrected chi connectivity index (χ0v) is 15.2. The first-order valence-electron chi connectivity index (χ1n) is 8.11. The van der Waals surface area contributed by atoms with Gasteiger partial charge in [-0.2, -0.15) is 26.3 Å². The Morgan fingerprint density at radius 1 is 0.812 bits per heavy atom. The summed E-state index contributed by atoms with van der Waals surface area (Å²) in [6, 6.07) is -0.442. The first kappa shape index (κ1) is 24.4. The zero-order valence-electron chi connectivity index (χ0n) is 15.2. The van der Waals surface area contributed by atoms with Crippen molar-refractivity contribution in [1.82, 2.24) is 0 Å². The van der Waals surface area contributed by atoms with Crippen LogP contribution in [0.3, 0.4) is 0 Å². The number of allylic oxidation sites excluding steroid dienone is 1. The topological polar surface area (TPSA) is 149 Å². The number of halogens is 6. The number of aliphatic carboxylic acids is 2. The van der Waals surface area contributed by atoms with E-state index in [1.165, 1.54) is 0 Å². The van der Waals surface area contributed by atoms with Gasteiger partial charge in [-0.05, 0) is 23.8 Å². The van der Waals surface area contributed by atoms with Crippen LogP contribution in [0.25, 0.3) is 0 Å². The first-order valence-corrected chi connectivity index (χ1v) is 8.11. The third-order valence-corrected chi connectivity index (χ3v) is 4.67. The summed E-state index contributed by atoms with van der Waals surface area (Å²) in [6.07, 6.45) is -10.9. The summed E-state index contributed by atoms with van der Waals surface area (Å²) in [7, 11) is 0. The van der Waals surface area contributed by atoms with Gasteiger partial charge < -0.3 is 20.4 Å². The lowest BCUT2D eigenvalue weighted by atomic mass is 9.64.